The van der Waals surface area contributed by atoms with E-state index in [0.29, 0.717) is 5.56 Å². The van der Waals surface area contributed by atoms with Crippen LogP contribution in [0.3, 0.4) is 0 Å². The van der Waals surface area contributed by atoms with Crippen molar-refractivity contribution in [2.75, 3.05) is 0 Å². The number of benzene rings is 1. The van der Waals surface area contributed by atoms with Gasteiger partial charge in [0.15, 0.2) is 5.78 Å². The molecule has 0 fully saturated rings. The van der Waals surface area contributed by atoms with Crippen LogP contribution in [0.1, 0.15) is 22.8 Å². The van der Waals surface area contributed by atoms with E-state index in [4.69, 9.17) is 11.6 Å². The summed E-state index contributed by atoms with van der Waals surface area (Å²) in [5, 5.41) is 0.498. The molecule has 1 heterocycles. The third kappa shape index (κ3) is 1.74. The number of rotatable bonds is 2. The summed E-state index contributed by atoms with van der Waals surface area (Å²) < 4.78 is 1.97. The summed E-state index contributed by atoms with van der Waals surface area (Å²) in [6, 6.07) is 6.07. The van der Waals surface area contributed by atoms with Crippen LogP contribution < -0.4 is 0 Å². The van der Waals surface area contributed by atoms with Gasteiger partial charge in [0.05, 0.1) is 5.38 Å². The number of aryl methyl sites for hydroxylation is 2. The average molecular weight is 236 g/mol. The van der Waals surface area contributed by atoms with Crippen molar-refractivity contribution < 1.29 is 4.79 Å². The Kier molecular flexibility index (Phi) is 2.76. The van der Waals surface area contributed by atoms with Crippen LogP contribution in [0.25, 0.3) is 10.9 Å². The number of halogens is 1. The van der Waals surface area contributed by atoms with Crippen molar-refractivity contribution in [3.63, 3.8) is 0 Å². The van der Waals surface area contributed by atoms with Crippen molar-refractivity contribution in [3.05, 3.63) is 35.5 Å². The molecule has 84 valence electrons. The second kappa shape index (κ2) is 3.95. The number of Topliss-reactive ketones (excluding diaryl/α,β-unsaturated/α-hetero) is 1. The number of hydrogen-bond acceptors (Lipinski definition) is 1. The van der Waals surface area contributed by atoms with Gasteiger partial charge in [0.2, 0.25) is 0 Å². The molecule has 1 unspecified atom stereocenters. The lowest BCUT2D eigenvalue weighted by molar-refractivity contribution is 0.0993. The SMILES string of the molecule is Cc1ccc2c(C(=O)C(C)Cl)cn(C)c2c1. The van der Waals surface area contributed by atoms with Gasteiger partial charge in [-0.3, -0.25) is 4.79 Å². The highest BCUT2D eigenvalue weighted by atomic mass is 35.5. The third-order valence-electron chi connectivity index (χ3n) is 2.77. The molecule has 0 bridgehead atoms. The van der Waals surface area contributed by atoms with Gasteiger partial charge in [0.25, 0.3) is 0 Å². The molecular weight excluding hydrogens is 222 g/mol. The van der Waals surface area contributed by atoms with Crippen LogP contribution in [0, 0.1) is 6.92 Å². The largest absolute Gasteiger partial charge is 0.350 e. The van der Waals surface area contributed by atoms with Crippen LogP contribution in [0.2, 0.25) is 0 Å². The van der Waals surface area contributed by atoms with Crippen molar-refractivity contribution in [1.29, 1.82) is 0 Å². The molecule has 0 N–H and O–H groups in total. The zero-order chi connectivity index (χ0) is 11.9. The van der Waals surface area contributed by atoms with Crippen LogP contribution >= 0.6 is 11.6 Å². The average Bonchev–Trinajstić information content (AvgIpc) is 2.55. The maximum atomic E-state index is 11.9. The Bertz CT molecular complexity index is 554. The van der Waals surface area contributed by atoms with Gasteiger partial charge in [-0.25, -0.2) is 0 Å². The number of carbonyl (C=O) groups excluding carboxylic acids is 1. The number of hydrogen-bond donors (Lipinski definition) is 0. The van der Waals surface area contributed by atoms with Crippen LogP contribution in [0.5, 0.6) is 0 Å². The van der Waals surface area contributed by atoms with Crippen LogP contribution in [-0.2, 0) is 7.05 Å². The Morgan fingerprint density at radius 1 is 1.44 bits per heavy atom. The minimum atomic E-state index is -0.480. The summed E-state index contributed by atoms with van der Waals surface area (Å²) in [5.41, 5.74) is 2.97. The molecule has 2 aromatic rings. The molecule has 1 aromatic carbocycles. The maximum absolute atomic E-state index is 11.9. The molecule has 0 spiro atoms. The standard InChI is InChI=1S/C13H14ClNO/c1-8-4-5-10-11(13(16)9(2)14)7-15(3)12(10)6-8/h4-7,9H,1-3H3. The lowest BCUT2D eigenvalue weighted by Gasteiger charge is -2.00. The molecule has 0 amide bonds. The van der Waals surface area contributed by atoms with Gasteiger partial charge in [-0.1, -0.05) is 12.1 Å². The number of aromatic nitrogens is 1. The van der Waals surface area contributed by atoms with E-state index in [-0.39, 0.29) is 5.78 Å². The highest BCUT2D eigenvalue weighted by Crippen LogP contribution is 2.23. The number of ketones is 1. The van der Waals surface area contributed by atoms with E-state index in [1.54, 1.807) is 6.92 Å². The molecule has 2 rings (SSSR count). The first-order valence-corrected chi connectivity index (χ1v) is 5.68. The molecule has 0 saturated carbocycles. The number of carbonyl (C=O) groups is 1. The summed E-state index contributed by atoms with van der Waals surface area (Å²) >= 11 is 5.84. The van der Waals surface area contributed by atoms with Crippen LogP contribution in [-0.4, -0.2) is 15.7 Å². The predicted molar refractivity (Wildman–Crippen MR) is 67.3 cm³/mol. The normalized spacial score (nSPS) is 13.0. The number of alkyl halides is 1. The summed E-state index contributed by atoms with van der Waals surface area (Å²) in [6.07, 6.45) is 1.85. The van der Waals surface area contributed by atoms with Crippen molar-refractivity contribution in [2.45, 2.75) is 19.2 Å². The van der Waals surface area contributed by atoms with Gasteiger partial charge in [-0.2, -0.15) is 0 Å². The topological polar surface area (TPSA) is 22.0 Å². The fourth-order valence-corrected chi connectivity index (χ4v) is 2.02. The molecule has 0 aliphatic heterocycles. The van der Waals surface area contributed by atoms with Crippen LogP contribution in [0.15, 0.2) is 24.4 Å². The Labute approximate surface area is 99.8 Å². The van der Waals surface area contributed by atoms with Gasteiger partial charge >= 0.3 is 0 Å². The summed E-state index contributed by atoms with van der Waals surface area (Å²) in [7, 11) is 1.94. The minimum Gasteiger partial charge on any atom is -0.350 e. The minimum absolute atomic E-state index is 0.0175. The molecule has 0 saturated heterocycles. The van der Waals surface area contributed by atoms with E-state index >= 15 is 0 Å². The number of nitrogens with zero attached hydrogens (tertiary/aromatic N) is 1. The monoisotopic (exact) mass is 235 g/mol. The predicted octanol–water partition coefficient (Wildman–Crippen LogP) is 3.30. The highest BCUT2D eigenvalue weighted by molar-refractivity contribution is 6.35. The molecule has 0 aliphatic rings. The molecule has 0 radical (unpaired) electrons. The highest BCUT2D eigenvalue weighted by Gasteiger charge is 2.17. The lowest BCUT2D eigenvalue weighted by Crippen LogP contribution is -2.09. The van der Waals surface area contributed by atoms with Gasteiger partial charge in [-0.15, -0.1) is 11.6 Å². The van der Waals surface area contributed by atoms with Crippen molar-refractivity contribution in [3.8, 4) is 0 Å². The zero-order valence-electron chi connectivity index (χ0n) is 9.62. The van der Waals surface area contributed by atoms with Gasteiger partial charge < -0.3 is 4.57 Å². The Balaban J connectivity index is 2.69. The number of fused-ring (bicyclic) bond motifs is 1. The fourth-order valence-electron chi connectivity index (χ4n) is 1.90. The first kappa shape index (κ1) is 11.2. The molecule has 1 atom stereocenters. The van der Waals surface area contributed by atoms with E-state index in [9.17, 15) is 4.79 Å². The van der Waals surface area contributed by atoms with Gasteiger partial charge in [-0.05, 0) is 25.5 Å². The molecule has 2 nitrogen and oxygen atoms in total. The quantitative estimate of drug-likeness (QED) is 0.578. The molecule has 0 aliphatic carbocycles. The summed E-state index contributed by atoms with van der Waals surface area (Å²) in [6.45, 7) is 3.75. The van der Waals surface area contributed by atoms with Crippen molar-refractivity contribution in [2.24, 2.45) is 7.05 Å². The molecule has 16 heavy (non-hydrogen) atoms. The Hall–Kier alpha value is -1.28. The summed E-state index contributed by atoms with van der Waals surface area (Å²) in [4.78, 5) is 11.9. The smallest absolute Gasteiger partial charge is 0.182 e. The summed E-state index contributed by atoms with van der Waals surface area (Å²) in [5.74, 6) is -0.0175. The molecule has 1 aromatic heterocycles. The van der Waals surface area contributed by atoms with E-state index in [0.717, 1.165) is 10.9 Å². The van der Waals surface area contributed by atoms with E-state index in [1.165, 1.54) is 5.56 Å². The van der Waals surface area contributed by atoms with E-state index in [1.807, 2.05) is 36.9 Å². The zero-order valence-corrected chi connectivity index (χ0v) is 10.4. The molecular formula is C13H14ClNO. The first-order chi connectivity index (χ1) is 7.50. The Morgan fingerprint density at radius 3 is 2.75 bits per heavy atom. The maximum Gasteiger partial charge on any atom is 0.182 e. The fraction of sp³-hybridized carbons (Fsp3) is 0.308. The first-order valence-electron chi connectivity index (χ1n) is 5.24. The van der Waals surface area contributed by atoms with Crippen molar-refractivity contribution >= 4 is 28.3 Å². The second-order valence-corrected chi connectivity index (χ2v) is 4.81. The van der Waals surface area contributed by atoms with Gasteiger partial charge in [0, 0.05) is 29.7 Å². The van der Waals surface area contributed by atoms with Gasteiger partial charge in [0.1, 0.15) is 0 Å². The lowest BCUT2D eigenvalue weighted by atomic mass is 10.1. The second-order valence-electron chi connectivity index (χ2n) is 4.15. The van der Waals surface area contributed by atoms with Crippen molar-refractivity contribution in [1.82, 2.24) is 4.57 Å². The van der Waals surface area contributed by atoms with Crippen LogP contribution in [0.4, 0.5) is 0 Å². The molecule has 3 heteroatoms. The third-order valence-corrected chi connectivity index (χ3v) is 2.97. The van der Waals surface area contributed by atoms with E-state index in [2.05, 4.69) is 6.07 Å². The Morgan fingerprint density at radius 2 is 2.12 bits per heavy atom. The van der Waals surface area contributed by atoms with E-state index < -0.39 is 5.38 Å².